The molecular formula is C14H22N2S. The molecule has 1 saturated heterocycles. The van der Waals surface area contributed by atoms with Crippen LogP contribution in [0.5, 0.6) is 0 Å². The summed E-state index contributed by atoms with van der Waals surface area (Å²) in [5.41, 5.74) is 9.38. The molecule has 0 saturated carbocycles. The van der Waals surface area contributed by atoms with Crippen molar-refractivity contribution in [2.24, 2.45) is 0 Å². The summed E-state index contributed by atoms with van der Waals surface area (Å²) in [5.74, 6) is 0. The zero-order valence-electron chi connectivity index (χ0n) is 10.8. The Hall–Kier alpha value is -0.670. The number of nitrogen functional groups attached to an aromatic ring is 1. The molecule has 94 valence electrons. The van der Waals surface area contributed by atoms with Gasteiger partial charge in [-0.15, -0.1) is 0 Å². The van der Waals surface area contributed by atoms with Gasteiger partial charge >= 0.3 is 0 Å². The monoisotopic (exact) mass is 250 g/mol. The molecule has 1 aromatic carbocycles. The number of rotatable bonds is 3. The van der Waals surface area contributed by atoms with Gasteiger partial charge in [0, 0.05) is 17.5 Å². The van der Waals surface area contributed by atoms with Crippen LogP contribution >= 0.6 is 11.8 Å². The number of hydrogen-bond donors (Lipinski definition) is 1. The minimum atomic E-state index is 0.870. The Kier molecular flexibility index (Phi) is 4.35. The van der Waals surface area contributed by atoms with Gasteiger partial charge in [-0.2, -0.15) is 11.8 Å². The standard InChI is InChI=1S/C14H22N2S/c1-11-3-4-12(9-14(11)15)10-16-7-5-13(17-2)6-8-16/h3-4,9,13H,5-8,10,15H2,1-2H3. The van der Waals surface area contributed by atoms with Gasteiger partial charge in [-0.25, -0.2) is 0 Å². The molecule has 0 radical (unpaired) electrons. The highest BCUT2D eigenvalue weighted by molar-refractivity contribution is 7.99. The number of likely N-dealkylation sites (tertiary alicyclic amines) is 1. The van der Waals surface area contributed by atoms with Gasteiger partial charge in [-0.05, 0) is 56.3 Å². The van der Waals surface area contributed by atoms with E-state index in [9.17, 15) is 0 Å². The van der Waals surface area contributed by atoms with E-state index in [1.165, 1.54) is 37.1 Å². The van der Waals surface area contributed by atoms with Crippen LogP contribution in [-0.4, -0.2) is 29.5 Å². The Bertz CT molecular complexity index is 370. The molecule has 2 N–H and O–H groups in total. The van der Waals surface area contributed by atoms with Crippen molar-refractivity contribution in [3.05, 3.63) is 29.3 Å². The summed E-state index contributed by atoms with van der Waals surface area (Å²) in [6, 6.07) is 6.45. The quantitative estimate of drug-likeness (QED) is 0.836. The van der Waals surface area contributed by atoms with E-state index in [1.54, 1.807) is 0 Å². The van der Waals surface area contributed by atoms with Crippen molar-refractivity contribution < 1.29 is 0 Å². The van der Waals surface area contributed by atoms with Crippen LogP contribution in [0.4, 0.5) is 5.69 Å². The molecule has 1 heterocycles. The molecule has 1 aliphatic rings. The first kappa shape index (κ1) is 12.8. The molecule has 1 fully saturated rings. The van der Waals surface area contributed by atoms with Crippen molar-refractivity contribution in [3.63, 3.8) is 0 Å². The fourth-order valence-corrected chi connectivity index (χ4v) is 3.03. The van der Waals surface area contributed by atoms with Gasteiger partial charge in [0.2, 0.25) is 0 Å². The lowest BCUT2D eigenvalue weighted by molar-refractivity contribution is 0.225. The van der Waals surface area contributed by atoms with E-state index < -0.39 is 0 Å². The molecule has 17 heavy (non-hydrogen) atoms. The fourth-order valence-electron chi connectivity index (χ4n) is 2.35. The van der Waals surface area contributed by atoms with Crippen LogP contribution in [0.2, 0.25) is 0 Å². The van der Waals surface area contributed by atoms with Gasteiger partial charge < -0.3 is 5.73 Å². The molecular weight excluding hydrogens is 228 g/mol. The Morgan fingerprint density at radius 2 is 2.06 bits per heavy atom. The molecule has 2 nitrogen and oxygen atoms in total. The lowest BCUT2D eigenvalue weighted by atomic mass is 10.1. The summed E-state index contributed by atoms with van der Waals surface area (Å²) in [5, 5.41) is 0.870. The maximum atomic E-state index is 5.95. The first-order chi connectivity index (χ1) is 8.19. The van der Waals surface area contributed by atoms with Crippen LogP contribution in [0.1, 0.15) is 24.0 Å². The smallest absolute Gasteiger partial charge is 0.0346 e. The Labute approximate surface area is 109 Å². The summed E-state index contributed by atoms with van der Waals surface area (Å²) in [4.78, 5) is 2.54. The second kappa shape index (κ2) is 5.78. The predicted molar refractivity (Wildman–Crippen MR) is 77.4 cm³/mol. The Morgan fingerprint density at radius 3 is 2.65 bits per heavy atom. The molecule has 0 unspecified atom stereocenters. The zero-order valence-corrected chi connectivity index (χ0v) is 11.6. The Balaban J connectivity index is 1.91. The number of thioether (sulfide) groups is 1. The summed E-state index contributed by atoms with van der Waals surface area (Å²) in [7, 11) is 0. The van der Waals surface area contributed by atoms with Crippen molar-refractivity contribution in [3.8, 4) is 0 Å². The third-order valence-corrected chi connectivity index (χ3v) is 4.76. The van der Waals surface area contributed by atoms with E-state index in [0.717, 1.165) is 17.5 Å². The predicted octanol–water partition coefficient (Wildman–Crippen LogP) is 2.90. The summed E-state index contributed by atoms with van der Waals surface area (Å²) in [6.45, 7) is 5.55. The van der Waals surface area contributed by atoms with E-state index in [-0.39, 0.29) is 0 Å². The van der Waals surface area contributed by atoms with Crippen molar-refractivity contribution in [2.75, 3.05) is 25.1 Å². The molecule has 0 aromatic heterocycles. The maximum absolute atomic E-state index is 5.95. The van der Waals surface area contributed by atoms with E-state index in [1.807, 2.05) is 11.8 Å². The molecule has 2 rings (SSSR count). The van der Waals surface area contributed by atoms with Gasteiger partial charge in [0.15, 0.2) is 0 Å². The second-order valence-corrected chi connectivity index (χ2v) is 6.04. The van der Waals surface area contributed by atoms with Crippen molar-refractivity contribution in [1.82, 2.24) is 4.90 Å². The lowest BCUT2D eigenvalue weighted by Gasteiger charge is -2.31. The third-order valence-electron chi connectivity index (χ3n) is 3.62. The first-order valence-corrected chi connectivity index (χ1v) is 7.58. The highest BCUT2D eigenvalue weighted by Gasteiger charge is 2.18. The third kappa shape index (κ3) is 3.39. The van der Waals surface area contributed by atoms with Crippen LogP contribution in [-0.2, 0) is 6.54 Å². The topological polar surface area (TPSA) is 29.3 Å². The molecule has 0 spiro atoms. The maximum Gasteiger partial charge on any atom is 0.0346 e. The SMILES string of the molecule is CSC1CCN(Cc2ccc(C)c(N)c2)CC1. The van der Waals surface area contributed by atoms with E-state index in [4.69, 9.17) is 5.73 Å². The largest absolute Gasteiger partial charge is 0.399 e. The van der Waals surface area contributed by atoms with E-state index in [2.05, 4.69) is 36.3 Å². The highest BCUT2D eigenvalue weighted by Crippen LogP contribution is 2.22. The summed E-state index contributed by atoms with van der Waals surface area (Å²) in [6.07, 6.45) is 4.87. The van der Waals surface area contributed by atoms with Gasteiger partial charge in [-0.1, -0.05) is 12.1 Å². The van der Waals surface area contributed by atoms with E-state index >= 15 is 0 Å². The number of piperidine rings is 1. The van der Waals surface area contributed by atoms with Gasteiger partial charge in [0.25, 0.3) is 0 Å². The number of benzene rings is 1. The summed E-state index contributed by atoms with van der Waals surface area (Å²) < 4.78 is 0. The minimum absolute atomic E-state index is 0.870. The molecule has 0 amide bonds. The molecule has 0 bridgehead atoms. The van der Waals surface area contributed by atoms with Crippen molar-refractivity contribution in [2.45, 2.75) is 31.6 Å². The molecule has 1 aliphatic heterocycles. The normalized spacial score (nSPS) is 18.5. The van der Waals surface area contributed by atoms with Crippen LogP contribution < -0.4 is 5.73 Å². The number of nitrogens with zero attached hydrogens (tertiary/aromatic N) is 1. The van der Waals surface area contributed by atoms with Crippen LogP contribution in [0.3, 0.4) is 0 Å². The van der Waals surface area contributed by atoms with Crippen molar-refractivity contribution in [1.29, 1.82) is 0 Å². The fraction of sp³-hybridized carbons (Fsp3) is 0.571. The van der Waals surface area contributed by atoms with Crippen LogP contribution in [0, 0.1) is 6.92 Å². The highest BCUT2D eigenvalue weighted by atomic mass is 32.2. The lowest BCUT2D eigenvalue weighted by Crippen LogP contribution is -2.34. The van der Waals surface area contributed by atoms with Crippen molar-refractivity contribution >= 4 is 17.4 Å². The average molecular weight is 250 g/mol. The first-order valence-electron chi connectivity index (χ1n) is 6.29. The number of aryl methyl sites for hydroxylation is 1. The minimum Gasteiger partial charge on any atom is -0.399 e. The zero-order chi connectivity index (χ0) is 12.3. The molecule has 3 heteroatoms. The molecule has 0 aliphatic carbocycles. The number of hydrogen-bond acceptors (Lipinski definition) is 3. The van der Waals surface area contributed by atoms with Gasteiger partial charge in [-0.3, -0.25) is 4.90 Å². The number of anilines is 1. The molecule has 1 aromatic rings. The van der Waals surface area contributed by atoms with Gasteiger partial charge in [0.1, 0.15) is 0 Å². The van der Waals surface area contributed by atoms with Crippen LogP contribution in [0.15, 0.2) is 18.2 Å². The average Bonchev–Trinajstić information content (AvgIpc) is 2.35. The second-order valence-electron chi connectivity index (χ2n) is 4.90. The summed E-state index contributed by atoms with van der Waals surface area (Å²) >= 11 is 2.01. The molecule has 0 atom stereocenters. The number of nitrogens with two attached hydrogens (primary N) is 1. The van der Waals surface area contributed by atoms with Gasteiger partial charge in [0.05, 0.1) is 0 Å². The Morgan fingerprint density at radius 1 is 1.35 bits per heavy atom. The van der Waals surface area contributed by atoms with E-state index in [0.29, 0.717) is 0 Å². The van der Waals surface area contributed by atoms with Crippen LogP contribution in [0.25, 0.3) is 0 Å².